The number of carbonyl (C=O) groups excluding carboxylic acids is 2. The first-order valence-electron chi connectivity index (χ1n) is 8.88. The third-order valence-electron chi connectivity index (χ3n) is 4.03. The molecule has 0 saturated heterocycles. The zero-order valence-corrected chi connectivity index (χ0v) is 15.1. The van der Waals surface area contributed by atoms with Gasteiger partial charge in [-0.1, -0.05) is 37.3 Å². The van der Waals surface area contributed by atoms with Crippen molar-refractivity contribution in [1.82, 2.24) is 10.3 Å². The molecule has 0 aliphatic carbocycles. The van der Waals surface area contributed by atoms with Gasteiger partial charge in [-0.3, -0.25) is 9.59 Å². The molecule has 0 spiro atoms. The molecule has 0 fully saturated rings. The largest absolute Gasteiger partial charge is 0.352 e. The zero-order valence-electron chi connectivity index (χ0n) is 15.1. The minimum Gasteiger partial charge on any atom is -0.352 e. The van der Waals surface area contributed by atoms with E-state index in [9.17, 15) is 9.59 Å². The van der Waals surface area contributed by atoms with Crippen LogP contribution in [-0.4, -0.2) is 23.3 Å². The smallest absolute Gasteiger partial charge is 0.256 e. The van der Waals surface area contributed by atoms with Crippen molar-refractivity contribution in [3.05, 3.63) is 84.1 Å². The van der Waals surface area contributed by atoms with Crippen LogP contribution >= 0.6 is 0 Å². The first-order valence-corrected chi connectivity index (χ1v) is 8.88. The minimum atomic E-state index is -0.203. The van der Waals surface area contributed by atoms with E-state index in [1.807, 2.05) is 49.4 Å². The highest BCUT2D eigenvalue weighted by molar-refractivity contribution is 6.03. The van der Waals surface area contributed by atoms with E-state index in [1.165, 1.54) is 0 Å². The maximum atomic E-state index is 12.2. The van der Waals surface area contributed by atoms with Gasteiger partial charge >= 0.3 is 0 Å². The van der Waals surface area contributed by atoms with E-state index in [2.05, 4.69) is 15.6 Å². The monoisotopic (exact) mass is 359 g/mol. The number of hydrogen-bond acceptors (Lipinski definition) is 3. The first kappa shape index (κ1) is 18.3. The molecule has 5 nitrogen and oxygen atoms in total. The van der Waals surface area contributed by atoms with Gasteiger partial charge < -0.3 is 10.6 Å². The van der Waals surface area contributed by atoms with E-state index in [4.69, 9.17) is 0 Å². The number of rotatable bonds is 6. The Balaban J connectivity index is 1.72. The lowest BCUT2D eigenvalue weighted by Gasteiger charge is -2.08. The van der Waals surface area contributed by atoms with Crippen molar-refractivity contribution in [3.8, 4) is 11.1 Å². The summed E-state index contributed by atoms with van der Waals surface area (Å²) in [5.41, 5.74) is 2.96. The predicted molar refractivity (Wildman–Crippen MR) is 107 cm³/mol. The summed E-state index contributed by atoms with van der Waals surface area (Å²) in [4.78, 5) is 28.6. The molecule has 0 radical (unpaired) electrons. The molecular weight excluding hydrogens is 338 g/mol. The van der Waals surface area contributed by atoms with Crippen molar-refractivity contribution in [2.75, 3.05) is 11.9 Å². The molecule has 2 N–H and O–H groups in total. The first-order chi connectivity index (χ1) is 13.2. The summed E-state index contributed by atoms with van der Waals surface area (Å²) < 4.78 is 0. The standard InChI is InChI=1S/C22H21N3O2/c1-2-13-23-21(26)18-10-6-9-17(14-18)19-11-12-20(24-15-19)25-22(27)16-7-4-3-5-8-16/h3-12,14-15H,2,13H2,1H3,(H,23,26)(H,24,25,27). The molecule has 0 unspecified atom stereocenters. The fourth-order valence-electron chi connectivity index (χ4n) is 2.60. The van der Waals surface area contributed by atoms with E-state index < -0.39 is 0 Å². The Labute approximate surface area is 158 Å². The van der Waals surface area contributed by atoms with Crippen LogP contribution in [-0.2, 0) is 0 Å². The number of aromatic nitrogens is 1. The number of nitrogens with one attached hydrogen (secondary N) is 2. The van der Waals surface area contributed by atoms with Crippen LogP contribution in [0.5, 0.6) is 0 Å². The van der Waals surface area contributed by atoms with Crippen LogP contribution in [0.3, 0.4) is 0 Å². The summed E-state index contributed by atoms with van der Waals surface area (Å²) in [6, 6.07) is 20.0. The van der Waals surface area contributed by atoms with Crippen LogP contribution < -0.4 is 10.6 Å². The Kier molecular flexibility index (Phi) is 5.94. The van der Waals surface area contributed by atoms with Crippen molar-refractivity contribution in [1.29, 1.82) is 0 Å². The number of carbonyl (C=O) groups is 2. The van der Waals surface area contributed by atoms with Gasteiger partial charge in [0.25, 0.3) is 11.8 Å². The van der Waals surface area contributed by atoms with Gasteiger partial charge in [-0.05, 0) is 48.4 Å². The molecule has 0 aliphatic heterocycles. The number of benzene rings is 2. The zero-order chi connectivity index (χ0) is 19.1. The Bertz CT molecular complexity index is 922. The lowest BCUT2D eigenvalue weighted by molar-refractivity contribution is 0.0952. The SMILES string of the molecule is CCCNC(=O)c1cccc(-c2ccc(NC(=O)c3ccccc3)nc2)c1. The number of nitrogens with zero attached hydrogens (tertiary/aromatic N) is 1. The van der Waals surface area contributed by atoms with Crippen molar-refractivity contribution in [2.45, 2.75) is 13.3 Å². The number of pyridine rings is 1. The molecule has 0 atom stereocenters. The number of amides is 2. The number of hydrogen-bond donors (Lipinski definition) is 2. The third kappa shape index (κ3) is 4.79. The van der Waals surface area contributed by atoms with Gasteiger partial charge in [-0.2, -0.15) is 0 Å². The fourth-order valence-corrected chi connectivity index (χ4v) is 2.60. The van der Waals surface area contributed by atoms with E-state index >= 15 is 0 Å². The third-order valence-corrected chi connectivity index (χ3v) is 4.03. The van der Waals surface area contributed by atoms with Gasteiger partial charge in [0.05, 0.1) is 0 Å². The molecule has 3 rings (SSSR count). The van der Waals surface area contributed by atoms with Crippen molar-refractivity contribution < 1.29 is 9.59 Å². The van der Waals surface area contributed by atoms with Gasteiger partial charge in [0.2, 0.25) is 0 Å². The Morgan fingerprint density at radius 2 is 1.63 bits per heavy atom. The molecule has 136 valence electrons. The van der Waals surface area contributed by atoms with Crippen LogP contribution in [0.4, 0.5) is 5.82 Å². The van der Waals surface area contributed by atoms with Gasteiger partial charge in [0.1, 0.15) is 5.82 Å². The van der Waals surface area contributed by atoms with Gasteiger partial charge in [0, 0.05) is 29.4 Å². The average Bonchev–Trinajstić information content (AvgIpc) is 2.73. The van der Waals surface area contributed by atoms with Crippen molar-refractivity contribution in [3.63, 3.8) is 0 Å². The molecule has 27 heavy (non-hydrogen) atoms. The molecule has 5 heteroatoms. The lowest BCUT2D eigenvalue weighted by Crippen LogP contribution is -2.23. The van der Waals surface area contributed by atoms with Crippen LogP contribution in [0, 0.1) is 0 Å². The summed E-state index contributed by atoms with van der Waals surface area (Å²) in [6.07, 6.45) is 2.58. The summed E-state index contributed by atoms with van der Waals surface area (Å²) in [6.45, 7) is 2.67. The van der Waals surface area contributed by atoms with E-state index in [0.717, 1.165) is 17.5 Å². The Hall–Kier alpha value is -3.47. The molecular formula is C22H21N3O2. The second kappa shape index (κ2) is 8.76. The highest BCUT2D eigenvalue weighted by Crippen LogP contribution is 2.21. The van der Waals surface area contributed by atoms with Gasteiger partial charge in [0.15, 0.2) is 0 Å². The molecule has 1 heterocycles. The normalized spacial score (nSPS) is 10.3. The summed E-state index contributed by atoms with van der Waals surface area (Å²) in [5, 5.41) is 5.65. The molecule has 3 aromatic rings. The molecule has 0 saturated carbocycles. The topological polar surface area (TPSA) is 71.1 Å². The molecule has 0 bridgehead atoms. The highest BCUT2D eigenvalue weighted by atomic mass is 16.2. The maximum absolute atomic E-state index is 12.2. The summed E-state index contributed by atoms with van der Waals surface area (Å²) >= 11 is 0. The van der Waals surface area contributed by atoms with Crippen LogP contribution in [0.15, 0.2) is 72.9 Å². The summed E-state index contributed by atoms with van der Waals surface area (Å²) in [5.74, 6) is 0.188. The summed E-state index contributed by atoms with van der Waals surface area (Å²) in [7, 11) is 0. The van der Waals surface area contributed by atoms with Crippen LogP contribution in [0.1, 0.15) is 34.1 Å². The second-order valence-corrected chi connectivity index (χ2v) is 6.09. The van der Waals surface area contributed by atoms with Gasteiger partial charge in [-0.25, -0.2) is 4.98 Å². The van der Waals surface area contributed by atoms with Crippen LogP contribution in [0.2, 0.25) is 0 Å². The molecule has 1 aromatic heterocycles. The minimum absolute atomic E-state index is 0.0848. The average molecular weight is 359 g/mol. The molecule has 2 aromatic carbocycles. The highest BCUT2D eigenvalue weighted by Gasteiger charge is 2.08. The molecule has 0 aliphatic rings. The molecule has 2 amide bonds. The van der Waals surface area contributed by atoms with Crippen molar-refractivity contribution >= 4 is 17.6 Å². The predicted octanol–water partition coefficient (Wildman–Crippen LogP) is 4.14. The Morgan fingerprint density at radius 3 is 2.33 bits per heavy atom. The van der Waals surface area contributed by atoms with E-state index in [-0.39, 0.29) is 11.8 Å². The quantitative estimate of drug-likeness (QED) is 0.695. The van der Waals surface area contributed by atoms with Crippen LogP contribution in [0.25, 0.3) is 11.1 Å². The Morgan fingerprint density at radius 1 is 0.852 bits per heavy atom. The van der Waals surface area contributed by atoms with Crippen molar-refractivity contribution in [2.24, 2.45) is 0 Å². The van der Waals surface area contributed by atoms with E-state index in [1.54, 1.807) is 30.5 Å². The van der Waals surface area contributed by atoms with E-state index in [0.29, 0.717) is 23.5 Å². The second-order valence-electron chi connectivity index (χ2n) is 6.09. The lowest BCUT2D eigenvalue weighted by atomic mass is 10.0. The number of anilines is 1. The maximum Gasteiger partial charge on any atom is 0.256 e. The fraction of sp³-hybridized carbons (Fsp3) is 0.136. The van der Waals surface area contributed by atoms with Gasteiger partial charge in [-0.15, -0.1) is 0 Å².